The molecule has 1 atom stereocenters. The Hall–Kier alpha value is -0.720. The van der Waals surface area contributed by atoms with Crippen LogP contribution < -0.4 is 0 Å². The standard InChI is InChI=1S/C12H20O/c1-9-8-13-10(2)11(9)6-7-12(3,4)5/h6,9H,2,7-8H2,1,3-5H3/b11-6+/t9-/m1/s1. The van der Waals surface area contributed by atoms with Crippen LogP contribution in [0.2, 0.25) is 0 Å². The lowest BCUT2D eigenvalue weighted by molar-refractivity contribution is 0.247. The molecular weight excluding hydrogens is 160 g/mol. The summed E-state index contributed by atoms with van der Waals surface area (Å²) in [5.41, 5.74) is 1.66. The van der Waals surface area contributed by atoms with Crippen molar-refractivity contribution in [2.45, 2.75) is 34.1 Å². The molecule has 0 unspecified atom stereocenters. The van der Waals surface area contributed by atoms with Gasteiger partial charge in [0.2, 0.25) is 0 Å². The molecule has 1 aliphatic heterocycles. The van der Waals surface area contributed by atoms with E-state index in [9.17, 15) is 0 Å². The molecule has 0 aromatic carbocycles. The van der Waals surface area contributed by atoms with Crippen LogP contribution in [0, 0.1) is 11.3 Å². The molecule has 0 aromatic heterocycles. The summed E-state index contributed by atoms with van der Waals surface area (Å²) in [4.78, 5) is 0. The third-order valence-corrected chi connectivity index (χ3v) is 2.29. The monoisotopic (exact) mass is 180 g/mol. The van der Waals surface area contributed by atoms with E-state index >= 15 is 0 Å². The Labute approximate surface area is 81.5 Å². The highest BCUT2D eigenvalue weighted by Crippen LogP contribution is 2.30. The maximum absolute atomic E-state index is 5.38. The zero-order valence-electron chi connectivity index (χ0n) is 9.18. The number of hydrogen-bond donors (Lipinski definition) is 0. The molecule has 0 aromatic rings. The molecule has 0 spiro atoms. The summed E-state index contributed by atoms with van der Waals surface area (Å²) in [6, 6.07) is 0. The van der Waals surface area contributed by atoms with Crippen LogP contribution in [-0.2, 0) is 4.74 Å². The van der Waals surface area contributed by atoms with Crippen LogP contribution in [0.1, 0.15) is 34.1 Å². The van der Waals surface area contributed by atoms with Crippen LogP contribution in [0.4, 0.5) is 0 Å². The average Bonchev–Trinajstić information content (AvgIpc) is 2.27. The van der Waals surface area contributed by atoms with Gasteiger partial charge in [-0.25, -0.2) is 0 Å². The summed E-state index contributed by atoms with van der Waals surface area (Å²) >= 11 is 0. The van der Waals surface area contributed by atoms with Crippen LogP contribution in [0.5, 0.6) is 0 Å². The van der Waals surface area contributed by atoms with E-state index in [1.165, 1.54) is 5.57 Å². The second kappa shape index (κ2) is 3.57. The molecular formula is C12H20O. The third kappa shape index (κ3) is 2.91. The van der Waals surface area contributed by atoms with Gasteiger partial charge in [-0.2, -0.15) is 0 Å². The lowest BCUT2D eigenvalue weighted by Gasteiger charge is -2.15. The van der Waals surface area contributed by atoms with Crippen LogP contribution >= 0.6 is 0 Å². The van der Waals surface area contributed by atoms with Gasteiger partial charge in [-0.05, 0) is 17.4 Å². The first kappa shape index (κ1) is 10.4. The molecule has 74 valence electrons. The summed E-state index contributed by atoms with van der Waals surface area (Å²) in [6.07, 6.45) is 3.37. The molecule has 13 heavy (non-hydrogen) atoms. The quantitative estimate of drug-likeness (QED) is 0.600. The van der Waals surface area contributed by atoms with E-state index in [-0.39, 0.29) is 0 Å². The Balaban J connectivity index is 2.65. The Morgan fingerprint density at radius 3 is 2.54 bits per heavy atom. The minimum absolute atomic E-state index is 0.357. The molecule has 0 bridgehead atoms. The zero-order chi connectivity index (χ0) is 10.1. The van der Waals surface area contributed by atoms with E-state index in [2.05, 4.69) is 40.3 Å². The summed E-state index contributed by atoms with van der Waals surface area (Å²) in [7, 11) is 0. The van der Waals surface area contributed by atoms with Crippen molar-refractivity contribution in [1.82, 2.24) is 0 Å². The zero-order valence-corrected chi connectivity index (χ0v) is 9.18. The fraction of sp³-hybridized carbons (Fsp3) is 0.667. The molecule has 1 heteroatoms. The molecule has 0 saturated carbocycles. The molecule has 0 radical (unpaired) electrons. The van der Waals surface area contributed by atoms with E-state index in [0.717, 1.165) is 18.8 Å². The van der Waals surface area contributed by atoms with Gasteiger partial charge in [-0.15, -0.1) is 0 Å². The van der Waals surface area contributed by atoms with Gasteiger partial charge in [0.15, 0.2) is 0 Å². The normalized spacial score (nSPS) is 26.6. The molecule has 1 rings (SSSR count). The highest BCUT2D eigenvalue weighted by molar-refractivity contribution is 5.29. The van der Waals surface area contributed by atoms with Crippen LogP contribution in [-0.4, -0.2) is 6.61 Å². The summed E-state index contributed by atoms with van der Waals surface area (Å²) in [5, 5.41) is 0. The highest BCUT2D eigenvalue weighted by Gasteiger charge is 2.21. The van der Waals surface area contributed by atoms with Crippen molar-refractivity contribution in [2.24, 2.45) is 11.3 Å². The van der Waals surface area contributed by atoms with Gasteiger partial charge >= 0.3 is 0 Å². The Bertz CT molecular complexity index is 230. The smallest absolute Gasteiger partial charge is 0.115 e. The van der Waals surface area contributed by atoms with E-state index < -0.39 is 0 Å². The van der Waals surface area contributed by atoms with Crippen molar-refractivity contribution >= 4 is 0 Å². The highest BCUT2D eigenvalue weighted by atomic mass is 16.5. The van der Waals surface area contributed by atoms with Crippen molar-refractivity contribution in [1.29, 1.82) is 0 Å². The Morgan fingerprint density at radius 1 is 1.54 bits per heavy atom. The van der Waals surface area contributed by atoms with Crippen LogP contribution in [0.15, 0.2) is 24.0 Å². The summed E-state index contributed by atoms with van der Waals surface area (Å²) < 4.78 is 5.38. The predicted molar refractivity (Wildman–Crippen MR) is 56.4 cm³/mol. The fourth-order valence-corrected chi connectivity index (χ4v) is 1.40. The topological polar surface area (TPSA) is 9.23 Å². The Kier molecular flexibility index (Phi) is 2.84. The van der Waals surface area contributed by atoms with Crippen molar-refractivity contribution in [2.75, 3.05) is 6.61 Å². The molecule has 1 heterocycles. The molecule has 0 aliphatic carbocycles. The summed E-state index contributed by atoms with van der Waals surface area (Å²) in [6.45, 7) is 13.6. The molecule has 0 N–H and O–H groups in total. The van der Waals surface area contributed by atoms with Crippen molar-refractivity contribution in [3.05, 3.63) is 24.0 Å². The number of rotatable bonds is 1. The number of allylic oxidation sites excluding steroid dienone is 2. The van der Waals surface area contributed by atoms with Gasteiger partial charge in [0.1, 0.15) is 5.76 Å². The lowest BCUT2D eigenvalue weighted by Crippen LogP contribution is -2.04. The predicted octanol–water partition coefficient (Wildman–Crippen LogP) is 3.53. The van der Waals surface area contributed by atoms with Crippen molar-refractivity contribution < 1.29 is 4.74 Å². The van der Waals surface area contributed by atoms with E-state index in [1.807, 2.05) is 0 Å². The van der Waals surface area contributed by atoms with Crippen LogP contribution in [0.3, 0.4) is 0 Å². The number of hydrogen-bond acceptors (Lipinski definition) is 1. The first-order valence-corrected chi connectivity index (χ1v) is 4.92. The second-order valence-corrected chi connectivity index (χ2v) is 5.06. The molecule has 1 fully saturated rings. The molecule has 0 amide bonds. The van der Waals surface area contributed by atoms with Gasteiger partial charge < -0.3 is 4.74 Å². The van der Waals surface area contributed by atoms with Gasteiger partial charge in [-0.3, -0.25) is 0 Å². The molecule has 1 saturated heterocycles. The average molecular weight is 180 g/mol. The van der Waals surface area contributed by atoms with E-state index in [4.69, 9.17) is 4.74 Å². The maximum atomic E-state index is 5.38. The van der Waals surface area contributed by atoms with Gasteiger partial charge in [0, 0.05) is 5.92 Å². The second-order valence-electron chi connectivity index (χ2n) is 5.06. The first-order chi connectivity index (χ1) is 5.90. The number of ether oxygens (including phenoxy) is 1. The van der Waals surface area contributed by atoms with E-state index in [0.29, 0.717) is 11.3 Å². The largest absolute Gasteiger partial charge is 0.493 e. The minimum atomic E-state index is 0.357. The minimum Gasteiger partial charge on any atom is -0.493 e. The molecule has 1 nitrogen and oxygen atoms in total. The van der Waals surface area contributed by atoms with Gasteiger partial charge in [-0.1, -0.05) is 40.3 Å². The van der Waals surface area contributed by atoms with Crippen molar-refractivity contribution in [3.8, 4) is 0 Å². The fourth-order valence-electron chi connectivity index (χ4n) is 1.40. The van der Waals surface area contributed by atoms with Crippen LogP contribution in [0.25, 0.3) is 0 Å². The summed E-state index contributed by atoms with van der Waals surface area (Å²) in [5.74, 6) is 1.40. The third-order valence-electron chi connectivity index (χ3n) is 2.29. The lowest BCUT2D eigenvalue weighted by atomic mass is 9.89. The SMILES string of the molecule is C=C1OC[C@@H](C)/C1=C\CC(C)(C)C. The molecule has 1 aliphatic rings. The Morgan fingerprint density at radius 2 is 2.15 bits per heavy atom. The maximum Gasteiger partial charge on any atom is 0.115 e. The van der Waals surface area contributed by atoms with Gasteiger partial charge in [0.25, 0.3) is 0 Å². The van der Waals surface area contributed by atoms with Crippen molar-refractivity contribution in [3.63, 3.8) is 0 Å². The van der Waals surface area contributed by atoms with E-state index in [1.54, 1.807) is 0 Å². The van der Waals surface area contributed by atoms with Gasteiger partial charge in [0.05, 0.1) is 6.61 Å². The first-order valence-electron chi connectivity index (χ1n) is 4.92.